The molecular weight excluding hydrogens is 515 g/mol. The van der Waals surface area contributed by atoms with Crippen molar-refractivity contribution >= 4 is 21.8 Å². The number of oxime groups is 1. The monoisotopic (exact) mass is 536 g/mol. The number of methoxy groups -OCH3 is 1. The smallest absolute Gasteiger partial charge is 0.432 e. The van der Waals surface area contributed by atoms with Crippen molar-refractivity contribution in [1.29, 1.82) is 5.26 Å². The molecule has 3 unspecified atom stereocenters. The van der Waals surface area contributed by atoms with E-state index >= 15 is 0 Å². The zero-order chi connectivity index (χ0) is 26.5. The zero-order valence-electron chi connectivity index (χ0n) is 18.8. The van der Waals surface area contributed by atoms with Crippen molar-refractivity contribution in [2.24, 2.45) is 28.3 Å². The van der Waals surface area contributed by atoms with Crippen molar-refractivity contribution in [2.75, 3.05) is 7.11 Å². The summed E-state index contributed by atoms with van der Waals surface area (Å²) in [6.45, 7) is 0. The molecule has 4 bridgehead atoms. The molecule has 14 heteroatoms. The van der Waals surface area contributed by atoms with E-state index in [0.29, 0.717) is 5.75 Å². The summed E-state index contributed by atoms with van der Waals surface area (Å²) in [4.78, 5) is 12.8. The lowest BCUT2D eigenvalue weighted by Gasteiger charge is -2.37. The van der Waals surface area contributed by atoms with Crippen molar-refractivity contribution in [3.8, 4) is 11.8 Å². The third kappa shape index (κ3) is 4.49. The van der Waals surface area contributed by atoms with E-state index < -0.39 is 44.7 Å². The summed E-state index contributed by atoms with van der Waals surface area (Å²) in [6, 6.07) is 6.53. The first-order valence-corrected chi connectivity index (χ1v) is 12.3. The lowest BCUT2D eigenvalue weighted by atomic mass is 9.69. The molecule has 1 aromatic carbocycles. The Balaban J connectivity index is 1.56. The molecule has 0 N–H and O–H groups in total. The molecule has 36 heavy (non-hydrogen) atoms. The number of rotatable bonds is 8. The van der Waals surface area contributed by atoms with Crippen molar-refractivity contribution in [3.63, 3.8) is 0 Å². The molecule has 0 saturated heterocycles. The third-order valence-corrected chi connectivity index (χ3v) is 8.37. The molecule has 0 amide bonds. The highest BCUT2D eigenvalue weighted by Crippen LogP contribution is 2.64. The Morgan fingerprint density at radius 3 is 2.17 bits per heavy atom. The number of alkyl halides is 5. The van der Waals surface area contributed by atoms with Crippen LogP contribution in [-0.2, 0) is 23.9 Å². The fourth-order valence-corrected chi connectivity index (χ4v) is 6.49. The number of ether oxygens (including phenoxy) is 2. The van der Waals surface area contributed by atoms with Crippen LogP contribution < -0.4 is 4.74 Å². The Morgan fingerprint density at radius 2 is 1.69 bits per heavy atom. The number of carbonyl (C=O) groups is 1. The molecule has 4 aliphatic carbocycles. The fourth-order valence-electron chi connectivity index (χ4n) is 5.77. The molecule has 0 aliphatic heterocycles. The van der Waals surface area contributed by atoms with Gasteiger partial charge in [-0.1, -0.05) is 5.16 Å². The van der Waals surface area contributed by atoms with Gasteiger partial charge in [0.25, 0.3) is 6.10 Å². The largest absolute Gasteiger partial charge is 0.497 e. The number of nitrogens with zero attached hydrogens (tertiary/aromatic N) is 2. The van der Waals surface area contributed by atoms with Crippen LogP contribution >= 0.6 is 0 Å². The van der Waals surface area contributed by atoms with Crippen LogP contribution in [0.1, 0.15) is 37.7 Å². The zero-order valence-corrected chi connectivity index (χ0v) is 19.6. The van der Waals surface area contributed by atoms with E-state index in [1.54, 1.807) is 0 Å². The number of esters is 1. The maximum atomic E-state index is 14.8. The normalized spacial score (nSPS) is 28.5. The van der Waals surface area contributed by atoms with Crippen molar-refractivity contribution in [3.05, 3.63) is 29.8 Å². The molecule has 8 nitrogen and oxygen atoms in total. The molecule has 0 spiro atoms. The van der Waals surface area contributed by atoms with Gasteiger partial charge in [0, 0.05) is 5.56 Å². The SMILES string of the molecule is COc1ccc(C(C#N)=NOS(=O)(=O)C(F)(F)C(OC(=O)C23CC4CC(C2)C(C4)C3)C(F)(F)F)cc1. The Bertz CT molecular complexity index is 1190. The summed E-state index contributed by atoms with van der Waals surface area (Å²) in [5.41, 5.74) is -2.22. The summed E-state index contributed by atoms with van der Waals surface area (Å²) in [6.07, 6.45) is -7.94. The van der Waals surface area contributed by atoms with Gasteiger partial charge in [0.15, 0.2) is 5.71 Å². The Hall–Kier alpha value is -2.95. The van der Waals surface area contributed by atoms with Gasteiger partial charge in [-0.2, -0.15) is 35.6 Å². The second-order valence-corrected chi connectivity index (χ2v) is 11.0. The molecule has 4 aliphatic rings. The van der Waals surface area contributed by atoms with Gasteiger partial charge in [0.1, 0.15) is 11.8 Å². The third-order valence-electron chi connectivity index (χ3n) is 7.21. The Labute approximate surface area is 203 Å². The first-order valence-electron chi connectivity index (χ1n) is 10.9. The first kappa shape index (κ1) is 26.1. The van der Waals surface area contributed by atoms with Crippen LogP contribution in [0.25, 0.3) is 0 Å². The van der Waals surface area contributed by atoms with Crippen molar-refractivity contribution in [2.45, 2.75) is 49.6 Å². The molecule has 196 valence electrons. The number of carbonyl (C=O) groups excluding carboxylic acids is 1. The topological polar surface area (TPSA) is 115 Å². The van der Waals surface area contributed by atoms with E-state index in [9.17, 15) is 35.2 Å². The van der Waals surface area contributed by atoms with Crippen LogP contribution in [0.3, 0.4) is 0 Å². The van der Waals surface area contributed by atoms with Gasteiger partial charge >= 0.3 is 27.5 Å². The van der Waals surface area contributed by atoms with E-state index in [0.717, 1.165) is 12.8 Å². The van der Waals surface area contributed by atoms with Gasteiger partial charge in [-0.15, -0.1) is 0 Å². The van der Waals surface area contributed by atoms with Crippen LogP contribution in [0.2, 0.25) is 0 Å². The molecule has 4 fully saturated rings. The van der Waals surface area contributed by atoms with Crippen LogP contribution in [0.4, 0.5) is 22.0 Å². The number of hydrogen-bond donors (Lipinski definition) is 0. The molecular formula is C22H21F5N2O6S. The molecule has 3 atom stereocenters. The lowest BCUT2D eigenvalue weighted by molar-refractivity contribution is -0.264. The highest BCUT2D eigenvalue weighted by molar-refractivity contribution is 7.87. The maximum absolute atomic E-state index is 14.8. The van der Waals surface area contributed by atoms with E-state index in [-0.39, 0.29) is 42.6 Å². The van der Waals surface area contributed by atoms with Gasteiger partial charge in [-0.05, 0) is 74.1 Å². The van der Waals surface area contributed by atoms with Gasteiger partial charge in [-0.3, -0.25) is 9.08 Å². The summed E-state index contributed by atoms with van der Waals surface area (Å²) >= 11 is 0. The highest BCUT2D eigenvalue weighted by Gasteiger charge is 2.69. The van der Waals surface area contributed by atoms with E-state index in [1.165, 1.54) is 37.4 Å². The van der Waals surface area contributed by atoms with E-state index in [1.807, 2.05) is 0 Å². The fraction of sp³-hybridized carbons (Fsp3) is 0.591. The van der Waals surface area contributed by atoms with Crippen LogP contribution in [0.15, 0.2) is 29.4 Å². The number of benzene rings is 1. The number of hydrogen-bond acceptors (Lipinski definition) is 8. The Morgan fingerprint density at radius 1 is 1.11 bits per heavy atom. The molecule has 4 saturated carbocycles. The second-order valence-electron chi connectivity index (χ2n) is 9.45. The molecule has 0 heterocycles. The van der Waals surface area contributed by atoms with Crippen molar-refractivity contribution < 1.29 is 48.9 Å². The number of nitriles is 1. The Kier molecular flexibility index (Phi) is 6.43. The summed E-state index contributed by atoms with van der Waals surface area (Å²) in [7, 11) is -5.11. The first-order chi connectivity index (χ1) is 16.7. The van der Waals surface area contributed by atoms with Gasteiger partial charge < -0.3 is 9.47 Å². The second kappa shape index (κ2) is 8.86. The lowest BCUT2D eigenvalue weighted by Crippen LogP contribution is -2.54. The van der Waals surface area contributed by atoms with Crippen LogP contribution in [-0.4, -0.2) is 44.7 Å². The minimum Gasteiger partial charge on any atom is -0.497 e. The minimum absolute atomic E-state index is 0.0821. The van der Waals surface area contributed by atoms with Gasteiger partial charge in [0.05, 0.1) is 12.5 Å². The minimum atomic E-state index is -6.46. The average molecular weight is 536 g/mol. The average Bonchev–Trinajstić information content (AvgIpc) is 3.23. The molecule has 5 rings (SSSR count). The summed E-state index contributed by atoms with van der Waals surface area (Å²) in [5.74, 6) is -0.816. The molecule has 1 aromatic rings. The standard InChI is InChI=1S/C22H21F5N2O6S/c1-33-16-4-2-13(3-5-16)17(11-28)29-35-36(31,32)22(26,27)18(21(23,24)25)34-19(30)20-8-12-6-14(9-20)15(7-12)10-20/h2-5,12,14-15,18H,6-10H2,1H3. The van der Waals surface area contributed by atoms with Gasteiger partial charge in [-0.25, -0.2) is 0 Å². The maximum Gasteiger partial charge on any atom is 0.432 e. The highest BCUT2D eigenvalue weighted by atomic mass is 32.2. The van der Waals surface area contributed by atoms with Crippen LogP contribution in [0, 0.1) is 34.5 Å². The van der Waals surface area contributed by atoms with E-state index in [4.69, 9.17) is 10.00 Å². The molecule has 0 radical (unpaired) electrons. The predicted octanol–water partition coefficient (Wildman–Crippen LogP) is 4.16. The van der Waals surface area contributed by atoms with E-state index in [2.05, 4.69) is 14.2 Å². The number of halogens is 5. The quantitative estimate of drug-likeness (QED) is 0.212. The van der Waals surface area contributed by atoms with Crippen molar-refractivity contribution in [1.82, 2.24) is 0 Å². The van der Waals surface area contributed by atoms with Crippen LogP contribution in [0.5, 0.6) is 5.75 Å². The summed E-state index contributed by atoms with van der Waals surface area (Å²) < 4.78 is 108. The molecule has 0 aromatic heterocycles. The predicted molar refractivity (Wildman–Crippen MR) is 112 cm³/mol. The van der Waals surface area contributed by atoms with Gasteiger partial charge in [0.2, 0.25) is 0 Å². The summed E-state index contributed by atoms with van der Waals surface area (Å²) in [5, 5.41) is 6.25.